The van der Waals surface area contributed by atoms with Crippen LogP contribution in [0.3, 0.4) is 0 Å². The molecule has 0 bridgehead atoms. The van der Waals surface area contributed by atoms with Gasteiger partial charge in [-0.3, -0.25) is 4.90 Å². The number of benzene rings is 1. The highest BCUT2D eigenvalue weighted by Gasteiger charge is 2.18. The molecule has 4 heteroatoms. The van der Waals surface area contributed by atoms with Crippen molar-refractivity contribution in [2.75, 3.05) is 19.6 Å². The first-order chi connectivity index (χ1) is 7.66. The van der Waals surface area contributed by atoms with Gasteiger partial charge in [-0.05, 0) is 19.1 Å². The van der Waals surface area contributed by atoms with Crippen molar-refractivity contribution in [2.24, 2.45) is 0 Å². The normalized spacial score (nSPS) is 22.3. The molecule has 0 aliphatic carbocycles. The zero-order valence-electron chi connectivity index (χ0n) is 9.34. The van der Waals surface area contributed by atoms with Gasteiger partial charge in [-0.1, -0.05) is 17.7 Å². The Bertz CT molecular complexity index is 350. The Morgan fingerprint density at radius 1 is 1.56 bits per heavy atom. The number of hydrogen-bond acceptors (Lipinski definition) is 2. The van der Waals surface area contributed by atoms with Gasteiger partial charge in [0, 0.05) is 42.8 Å². The molecule has 1 atom stereocenters. The van der Waals surface area contributed by atoms with Gasteiger partial charge in [-0.2, -0.15) is 0 Å². The van der Waals surface area contributed by atoms with Crippen LogP contribution in [0, 0.1) is 5.82 Å². The molecule has 0 spiro atoms. The average molecular weight is 243 g/mol. The van der Waals surface area contributed by atoms with E-state index in [-0.39, 0.29) is 5.82 Å². The van der Waals surface area contributed by atoms with Crippen molar-refractivity contribution in [2.45, 2.75) is 19.5 Å². The number of nitrogens with one attached hydrogen (secondary N) is 1. The molecule has 0 saturated carbocycles. The predicted octanol–water partition coefficient (Wildman–Crippen LogP) is 2.27. The minimum atomic E-state index is -0.210. The van der Waals surface area contributed by atoms with Gasteiger partial charge in [0.2, 0.25) is 0 Å². The number of halogens is 2. The minimum absolute atomic E-state index is 0.210. The molecule has 1 fully saturated rings. The molecule has 1 aliphatic rings. The van der Waals surface area contributed by atoms with Crippen molar-refractivity contribution in [1.82, 2.24) is 10.2 Å². The second-order valence-electron chi connectivity index (χ2n) is 4.29. The fourth-order valence-corrected chi connectivity index (χ4v) is 2.29. The summed E-state index contributed by atoms with van der Waals surface area (Å²) in [6.45, 7) is 5.56. The highest BCUT2D eigenvalue weighted by atomic mass is 35.5. The molecule has 2 rings (SSSR count). The summed E-state index contributed by atoms with van der Waals surface area (Å²) in [5.74, 6) is -0.210. The van der Waals surface area contributed by atoms with Crippen molar-refractivity contribution in [3.8, 4) is 0 Å². The van der Waals surface area contributed by atoms with Crippen LogP contribution in [0.15, 0.2) is 18.2 Å². The van der Waals surface area contributed by atoms with Gasteiger partial charge in [0.15, 0.2) is 0 Å². The number of nitrogens with zero attached hydrogens (tertiary/aromatic N) is 1. The second-order valence-corrected chi connectivity index (χ2v) is 4.70. The maximum absolute atomic E-state index is 13.6. The fraction of sp³-hybridized carbons (Fsp3) is 0.500. The third-order valence-electron chi connectivity index (χ3n) is 2.90. The SMILES string of the molecule is CC1CN(Cc2c(F)cccc2Cl)CCN1. The molecule has 0 radical (unpaired) electrons. The first kappa shape index (κ1) is 11.8. The third kappa shape index (κ3) is 2.73. The first-order valence-electron chi connectivity index (χ1n) is 5.55. The Morgan fingerprint density at radius 2 is 2.38 bits per heavy atom. The minimum Gasteiger partial charge on any atom is -0.312 e. The maximum atomic E-state index is 13.6. The monoisotopic (exact) mass is 242 g/mol. The second kappa shape index (κ2) is 5.13. The first-order valence-corrected chi connectivity index (χ1v) is 5.93. The van der Waals surface area contributed by atoms with Crippen LogP contribution in [0.25, 0.3) is 0 Å². The summed E-state index contributed by atoms with van der Waals surface area (Å²) >= 11 is 6.00. The lowest BCUT2D eigenvalue weighted by molar-refractivity contribution is 0.197. The van der Waals surface area contributed by atoms with Gasteiger partial charge in [0.05, 0.1) is 0 Å². The molecule has 2 nitrogen and oxygen atoms in total. The maximum Gasteiger partial charge on any atom is 0.129 e. The summed E-state index contributed by atoms with van der Waals surface area (Å²) in [5, 5.41) is 3.88. The standard InChI is InChI=1S/C12H16ClFN2/c1-9-7-16(6-5-15-9)8-10-11(13)3-2-4-12(10)14/h2-4,9,15H,5-8H2,1H3. The fourth-order valence-electron chi connectivity index (χ4n) is 2.06. The van der Waals surface area contributed by atoms with E-state index in [1.54, 1.807) is 12.1 Å². The van der Waals surface area contributed by atoms with Crippen molar-refractivity contribution >= 4 is 11.6 Å². The summed E-state index contributed by atoms with van der Waals surface area (Å²) in [6, 6.07) is 5.30. The van der Waals surface area contributed by atoms with E-state index in [1.165, 1.54) is 6.07 Å². The molecule has 16 heavy (non-hydrogen) atoms. The van der Waals surface area contributed by atoms with Gasteiger partial charge in [0.1, 0.15) is 5.82 Å². The van der Waals surface area contributed by atoms with Crippen molar-refractivity contribution in [3.05, 3.63) is 34.6 Å². The van der Waals surface area contributed by atoms with Gasteiger partial charge < -0.3 is 5.32 Å². The zero-order chi connectivity index (χ0) is 11.5. The molecule has 1 aliphatic heterocycles. The number of piperazine rings is 1. The number of hydrogen-bond donors (Lipinski definition) is 1. The van der Waals surface area contributed by atoms with Gasteiger partial charge in [-0.25, -0.2) is 4.39 Å². The van der Waals surface area contributed by atoms with Gasteiger partial charge in [-0.15, -0.1) is 0 Å². The van der Waals surface area contributed by atoms with Crippen LogP contribution in [-0.2, 0) is 6.54 Å². The van der Waals surface area contributed by atoms with Crippen LogP contribution in [0.2, 0.25) is 5.02 Å². The molecule has 88 valence electrons. The Hall–Kier alpha value is -0.640. The van der Waals surface area contributed by atoms with Crippen LogP contribution in [0.5, 0.6) is 0 Å². The lowest BCUT2D eigenvalue weighted by Gasteiger charge is -2.32. The van der Waals surface area contributed by atoms with Crippen LogP contribution < -0.4 is 5.32 Å². The third-order valence-corrected chi connectivity index (χ3v) is 3.25. The molecule has 1 aromatic rings. The summed E-state index contributed by atoms with van der Waals surface area (Å²) in [4.78, 5) is 2.23. The molecule has 1 N–H and O–H groups in total. The molecule has 0 aromatic heterocycles. The van der Waals surface area contributed by atoms with Crippen molar-refractivity contribution in [3.63, 3.8) is 0 Å². The quantitative estimate of drug-likeness (QED) is 0.856. The zero-order valence-corrected chi connectivity index (χ0v) is 10.1. The largest absolute Gasteiger partial charge is 0.312 e. The van der Waals surface area contributed by atoms with Crippen molar-refractivity contribution in [1.29, 1.82) is 0 Å². The van der Waals surface area contributed by atoms with Gasteiger partial charge >= 0.3 is 0 Å². The van der Waals surface area contributed by atoms with E-state index in [1.807, 2.05) is 0 Å². The summed E-state index contributed by atoms with van der Waals surface area (Å²) in [6.07, 6.45) is 0. The number of rotatable bonds is 2. The Labute approximate surface area is 100 Å². The van der Waals surface area contributed by atoms with E-state index in [4.69, 9.17) is 11.6 Å². The molecule has 1 aromatic carbocycles. The van der Waals surface area contributed by atoms with Crippen LogP contribution >= 0.6 is 11.6 Å². The van der Waals surface area contributed by atoms with E-state index in [9.17, 15) is 4.39 Å². The van der Waals surface area contributed by atoms with Crippen molar-refractivity contribution < 1.29 is 4.39 Å². The van der Waals surface area contributed by atoms with E-state index in [0.29, 0.717) is 23.2 Å². The van der Waals surface area contributed by atoms with Gasteiger partial charge in [0.25, 0.3) is 0 Å². The molecule has 1 heterocycles. The average Bonchev–Trinajstić information content (AvgIpc) is 2.24. The lowest BCUT2D eigenvalue weighted by atomic mass is 10.1. The smallest absolute Gasteiger partial charge is 0.129 e. The highest BCUT2D eigenvalue weighted by molar-refractivity contribution is 6.31. The van der Waals surface area contributed by atoms with E-state index >= 15 is 0 Å². The van der Waals surface area contributed by atoms with Crippen LogP contribution in [-0.4, -0.2) is 30.6 Å². The van der Waals surface area contributed by atoms with Crippen LogP contribution in [0.1, 0.15) is 12.5 Å². The topological polar surface area (TPSA) is 15.3 Å². The Morgan fingerprint density at radius 3 is 3.06 bits per heavy atom. The Kier molecular flexibility index (Phi) is 3.79. The Balaban J connectivity index is 2.08. The predicted molar refractivity (Wildman–Crippen MR) is 64.2 cm³/mol. The summed E-state index contributed by atoms with van der Waals surface area (Å²) < 4.78 is 13.6. The highest BCUT2D eigenvalue weighted by Crippen LogP contribution is 2.21. The summed E-state index contributed by atoms with van der Waals surface area (Å²) in [7, 11) is 0. The van der Waals surface area contributed by atoms with E-state index < -0.39 is 0 Å². The molecular weight excluding hydrogens is 227 g/mol. The summed E-state index contributed by atoms with van der Waals surface area (Å²) in [5.41, 5.74) is 0.610. The molecule has 0 amide bonds. The van der Waals surface area contributed by atoms with Crippen LogP contribution in [0.4, 0.5) is 4.39 Å². The molecular formula is C12H16ClFN2. The molecule has 1 saturated heterocycles. The molecule has 1 unspecified atom stereocenters. The lowest BCUT2D eigenvalue weighted by Crippen LogP contribution is -2.48. The van der Waals surface area contributed by atoms with E-state index in [0.717, 1.165) is 19.6 Å². The van der Waals surface area contributed by atoms with E-state index in [2.05, 4.69) is 17.1 Å².